The van der Waals surface area contributed by atoms with Gasteiger partial charge in [0.05, 0.1) is 24.1 Å². The Hall–Kier alpha value is -3.37. The number of carbonyl (C=O) groups is 1. The molecule has 0 aromatic carbocycles. The summed E-state index contributed by atoms with van der Waals surface area (Å²) in [5, 5.41) is 8.68. The zero-order chi connectivity index (χ0) is 24.2. The Balaban J connectivity index is 1.69. The Morgan fingerprint density at radius 2 is 1.97 bits per heavy atom. The van der Waals surface area contributed by atoms with Crippen molar-refractivity contribution in [3.63, 3.8) is 0 Å². The summed E-state index contributed by atoms with van der Waals surface area (Å²) < 4.78 is 52.5. The molecule has 33 heavy (non-hydrogen) atoms. The van der Waals surface area contributed by atoms with Crippen LogP contribution in [0.4, 0.5) is 13.2 Å². The molecule has 0 aliphatic rings. The van der Waals surface area contributed by atoms with Crippen LogP contribution >= 0.6 is 0 Å². The number of alkyl halides is 3. The largest absolute Gasteiger partial charge is 0.475 e. The first kappa shape index (κ1) is 24.3. The van der Waals surface area contributed by atoms with Gasteiger partial charge in [0.2, 0.25) is 5.75 Å². The lowest BCUT2D eigenvalue weighted by Gasteiger charge is -2.10. The maximum Gasteiger partial charge on any atom is 0.417 e. The molecule has 0 atom stereocenters. The Labute approximate surface area is 189 Å². The third-order valence-corrected chi connectivity index (χ3v) is 4.82. The Bertz CT molecular complexity index is 1090. The second kappa shape index (κ2) is 10.1. The van der Waals surface area contributed by atoms with Gasteiger partial charge in [0.25, 0.3) is 5.88 Å². The summed E-state index contributed by atoms with van der Waals surface area (Å²) in [6, 6.07) is 2.29. The summed E-state index contributed by atoms with van der Waals surface area (Å²) in [7, 11) is 0. The third kappa shape index (κ3) is 5.91. The number of esters is 1. The first-order chi connectivity index (χ1) is 15.6. The van der Waals surface area contributed by atoms with Crippen molar-refractivity contribution in [2.45, 2.75) is 59.2 Å². The van der Waals surface area contributed by atoms with E-state index in [1.807, 2.05) is 20.8 Å². The highest BCUT2D eigenvalue weighted by atomic mass is 19.4. The van der Waals surface area contributed by atoms with Gasteiger partial charge in [-0.3, -0.25) is 4.79 Å². The van der Waals surface area contributed by atoms with Crippen LogP contribution in [0.15, 0.2) is 30.7 Å². The van der Waals surface area contributed by atoms with E-state index in [2.05, 4.69) is 15.2 Å². The number of pyridine rings is 1. The topological polar surface area (TPSA) is 84.1 Å². The Morgan fingerprint density at radius 3 is 2.55 bits per heavy atom. The van der Waals surface area contributed by atoms with Gasteiger partial charge >= 0.3 is 12.1 Å². The van der Waals surface area contributed by atoms with Crippen molar-refractivity contribution in [2.75, 3.05) is 6.61 Å². The van der Waals surface area contributed by atoms with Gasteiger partial charge in [-0.15, -0.1) is 0 Å². The fourth-order valence-corrected chi connectivity index (χ4v) is 3.29. The van der Waals surface area contributed by atoms with Crippen molar-refractivity contribution < 1.29 is 27.4 Å². The summed E-state index contributed by atoms with van der Waals surface area (Å²) in [6.45, 7) is 8.11. The van der Waals surface area contributed by atoms with Crippen LogP contribution in [0, 0.1) is 0 Å². The number of halogens is 3. The minimum absolute atomic E-state index is 0.119. The van der Waals surface area contributed by atoms with Crippen molar-refractivity contribution in [1.29, 1.82) is 0 Å². The van der Waals surface area contributed by atoms with Crippen molar-refractivity contribution in [3.8, 4) is 17.4 Å². The van der Waals surface area contributed by atoms with Crippen molar-refractivity contribution in [1.82, 2.24) is 24.5 Å². The van der Waals surface area contributed by atoms with Gasteiger partial charge in [0.1, 0.15) is 0 Å². The van der Waals surface area contributed by atoms with Gasteiger partial charge < -0.3 is 9.47 Å². The van der Waals surface area contributed by atoms with Crippen LogP contribution in [0.25, 0.3) is 5.82 Å². The number of ether oxygens (including phenoxy) is 2. The van der Waals surface area contributed by atoms with E-state index in [0.717, 1.165) is 23.5 Å². The van der Waals surface area contributed by atoms with E-state index in [9.17, 15) is 18.0 Å². The summed E-state index contributed by atoms with van der Waals surface area (Å²) in [5.41, 5.74) is 0.995. The highest BCUT2D eigenvalue weighted by Crippen LogP contribution is 2.29. The number of rotatable bonds is 9. The quantitative estimate of drug-likeness (QED) is 0.340. The molecule has 0 unspecified atom stereocenters. The smallest absolute Gasteiger partial charge is 0.417 e. The molecule has 0 fully saturated rings. The van der Waals surface area contributed by atoms with Gasteiger partial charge in [-0.05, 0) is 43.4 Å². The van der Waals surface area contributed by atoms with Crippen LogP contribution in [0.2, 0.25) is 0 Å². The minimum Gasteiger partial charge on any atom is -0.475 e. The maximum absolute atomic E-state index is 12.8. The molecule has 8 nitrogen and oxygen atoms in total. The van der Waals surface area contributed by atoms with Crippen molar-refractivity contribution >= 4 is 5.97 Å². The number of hydrogen-bond donors (Lipinski definition) is 0. The average Bonchev–Trinajstić information content (AvgIpc) is 3.34. The minimum atomic E-state index is -4.44. The van der Waals surface area contributed by atoms with E-state index in [-0.39, 0.29) is 11.7 Å². The van der Waals surface area contributed by atoms with Gasteiger partial charge in [-0.25, -0.2) is 14.3 Å². The summed E-state index contributed by atoms with van der Waals surface area (Å²) in [5.74, 6) is 0.634. The van der Waals surface area contributed by atoms with Crippen LogP contribution in [-0.2, 0) is 23.9 Å². The monoisotopic (exact) mass is 465 g/mol. The van der Waals surface area contributed by atoms with Gasteiger partial charge in [0, 0.05) is 25.9 Å². The molecule has 0 spiro atoms. The number of nitrogens with zero attached hydrogens (tertiary/aromatic N) is 5. The van der Waals surface area contributed by atoms with E-state index in [0.29, 0.717) is 37.7 Å². The van der Waals surface area contributed by atoms with E-state index in [1.54, 1.807) is 10.9 Å². The Kier molecular flexibility index (Phi) is 7.39. The molecular weight excluding hydrogens is 439 g/mol. The average molecular weight is 465 g/mol. The van der Waals surface area contributed by atoms with Crippen LogP contribution in [0.3, 0.4) is 0 Å². The third-order valence-electron chi connectivity index (χ3n) is 4.82. The standard InChI is InChI=1S/C22H26F3N5O3/c1-5-29-21(18(12-27-29)33-15(4)31)32-10-6-7-16-13-30(28-20(16)14(2)3)19-9-8-17(11-26-19)22(23,24)25/h8-9,11-14H,5-7,10H2,1-4H3. The summed E-state index contributed by atoms with van der Waals surface area (Å²) >= 11 is 0. The van der Waals surface area contributed by atoms with Crippen LogP contribution in [0.1, 0.15) is 56.9 Å². The molecule has 3 heterocycles. The predicted molar refractivity (Wildman–Crippen MR) is 113 cm³/mol. The fraction of sp³-hybridized carbons (Fsp3) is 0.455. The molecule has 0 saturated carbocycles. The molecule has 11 heteroatoms. The maximum atomic E-state index is 12.8. The molecule has 0 bridgehead atoms. The summed E-state index contributed by atoms with van der Waals surface area (Å²) in [4.78, 5) is 15.2. The SMILES string of the molecule is CCn1ncc(OC(C)=O)c1OCCCc1cn(-c2ccc(C(F)(F)F)cn2)nc1C(C)C. The fourth-order valence-electron chi connectivity index (χ4n) is 3.29. The number of aryl methyl sites for hydroxylation is 2. The number of hydrogen-bond acceptors (Lipinski definition) is 6. The molecule has 0 aliphatic carbocycles. The molecule has 0 saturated heterocycles. The number of carbonyl (C=O) groups excluding carboxylic acids is 1. The van der Waals surface area contributed by atoms with Crippen molar-refractivity contribution in [3.05, 3.63) is 47.5 Å². The molecule has 0 amide bonds. The zero-order valence-corrected chi connectivity index (χ0v) is 18.9. The molecule has 0 aliphatic heterocycles. The van der Waals surface area contributed by atoms with Crippen LogP contribution < -0.4 is 9.47 Å². The van der Waals surface area contributed by atoms with Crippen molar-refractivity contribution in [2.24, 2.45) is 0 Å². The molecule has 3 rings (SSSR count). The van der Waals surface area contributed by atoms with E-state index < -0.39 is 17.7 Å². The molecular formula is C22H26F3N5O3. The second-order valence-electron chi connectivity index (χ2n) is 7.72. The Morgan fingerprint density at radius 1 is 1.21 bits per heavy atom. The molecule has 0 radical (unpaired) electrons. The normalized spacial score (nSPS) is 11.8. The predicted octanol–water partition coefficient (Wildman–Crippen LogP) is 4.56. The van der Waals surface area contributed by atoms with E-state index >= 15 is 0 Å². The van der Waals surface area contributed by atoms with E-state index in [1.165, 1.54) is 23.9 Å². The first-order valence-corrected chi connectivity index (χ1v) is 10.6. The molecule has 0 N–H and O–H groups in total. The second-order valence-corrected chi connectivity index (χ2v) is 7.72. The lowest BCUT2D eigenvalue weighted by Crippen LogP contribution is -2.08. The van der Waals surface area contributed by atoms with Crippen LogP contribution in [-0.4, -0.2) is 37.1 Å². The highest BCUT2D eigenvalue weighted by molar-refractivity contribution is 5.69. The number of aromatic nitrogens is 5. The zero-order valence-electron chi connectivity index (χ0n) is 18.9. The summed E-state index contributed by atoms with van der Waals surface area (Å²) in [6.07, 6.45) is 0.866. The van der Waals surface area contributed by atoms with Gasteiger partial charge in [-0.2, -0.15) is 23.4 Å². The molecule has 3 aromatic heterocycles. The lowest BCUT2D eigenvalue weighted by atomic mass is 10.0. The lowest BCUT2D eigenvalue weighted by molar-refractivity contribution is -0.138. The molecule has 178 valence electrons. The molecule has 3 aromatic rings. The van der Waals surface area contributed by atoms with Crippen LogP contribution in [0.5, 0.6) is 11.6 Å². The first-order valence-electron chi connectivity index (χ1n) is 10.6. The van der Waals surface area contributed by atoms with Gasteiger partial charge in [0.15, 0.2) is 5.82 Å². The van der Waals surface area contributed by atoms with Gasteiger partial charge in [-0.1, -0.05) is 13.8 Å². The van der Waals surface area contributed by atoms with E-state index in [4.69, 9.17) is 9.47 Å². The highest BCUT2D eigenvalue weighted by Gasteiger charge is 2.30.